The van der Waals surface area contributed by atoms with Crippen LogP contribution in [0.3, 0.4) is 0 Å². The molecule has 0 bridgehead atoms. The van der Waals surface area contributed by atoms with Crippen molar-refractivity contribution < 1.29 is 14.3 Å². The first-order valence-electron chi connectivity index (χ1n) is 4.96. The average molecular weight is 215 g/mol. The van der Waals surface area contributed by atoms with E-state index in [1.54, 1.807) is 0 Å². The average Bonchev–Trinajstić information content (AvgIpc) is 2.65. The first-order valence-corrected chi connectivity index (χ1v) is 4.96. The van der Waals surface area contributed by atoms with Crippen molar-refractivity contribution >= 4 is 12.0 Å². The lowest BCUT2D eigenvalue weighted by Gasteiger charge is -2.14. The Hall–Kier alpha value is -1.14. The number of nitrogens with zero attached hydrogens (tertiary/aromatic N) is 1. The van der Waals surface area contributed by atoms with Crippen molar-refractivity contribution in [1.82, 2.24) is 10.2 Å². The minimum atomic E-state index is -0.713. The number of nitrogens with one attached hydrogen (secondary N) is 1. The Morgan fingerprint density at radius 3 is 2.87 bits per heavy atom. The van der Waals surface area contributed by atoms with E-state index in [9.17, 15) is 9.59 Å². The summed E-state index contributed by atoms with van der Waals surface area (Å²) in [6.45, 7) is 2.56. The van der Waals surface area contributed by atoms with Gasteiger partial charge in [-0.15, -0.1) is 0 Å². The van der Waals surface area contributed by atoms with Crippen molar-refractivity contribution in [2.24, 2.45) is 11.7 Å². The Labute approximate surface area is 88.7 Å². The highest BCUT2D eigenvalue weighted by Crippen LogP contribution is 2.13. The second-order valence-corrected chi connectivity index (χ2v) is 3.67. The van der Waals surface area contributed by atoms with Crippen molar-refractivity contribution in [3.8, 4) is 0 Å². The number of carbonyl (C=O) groups excluding carboxylic acids is 2. The van der Waals surface area contributed by atoms with Gasteiger partial charge in [-0.2, -0.15) is 0 Å². The minimum absolute atomic E-state index is 0.228. The maximum atomic E-state index is 11.3. The van der Waals surface area contributed by atoms with E-state index in [-0.39, 0.29) is 12.5 Å². The van der Waals surface area contributed by atoms with Crippen molar-refractivity contribution in [2.45, 2.75) is 6.42 Å². The molecule has 0 aliphatic carbocycles. The molecule has 3 N–H and O–H groups in total. The number of hydrogen-bond donors (Lipinski definition) is 2. The lowest BCUT2D eigenvalue weighted by atomic mass is 10.1. The van der Waals surface area contributed by atoms with Gasteiger partial charge in [0, 0.05) is 6.54 Å². The van der Waals surface area contributed by atoms with E-state index < -0.39 is 6.09 Å². The molecule has 1 aliphatic heterocycles. The molecule has 1 saturated heterocycles. The Morgan fingerprint density at radius 1 is 1.60 bits per heavy atom. The number of amides is 2. The smallest absolute Gasteiger partial charge is 0.413 e. The largest absolute Gasteiger partial charge is 0.453 e. The van der Waals surface area contributed by atoms with E-state index in [1.165, 1.54) is 7.11 Å². The number of likely N-dealkylation sites (tertiary alicyclic amines) is 1. The molecule has 1 heterocycles. The summed E-state index contributed by atoms with van der Waals surface area (Å²) >= 11 is 0. The van der Waals surface area contributed by atoms with E-state index >= 15 is 0 Å². The van der Waals surface area contributed by atoms with Crippen LogP contribution in [0.15, 0.2) is 0 Å². The predicted octanol–water partition coefficient (Wildman–Crippen LogP) is -0.850. The lowest BCUT2D eigenvalue weighted by Crippen LogP contribution is -2.39. The zero-order valence-corrected chi connectivity index (χ0v) is 8.86. The molecule has 1 atom stereocenters. The van der Waals surface area contributed by atoms with E-state index in [4.69, 9.17) is 5.73 Å². The number of methoxy groups -OCH3 is 1. The van der Waals surface area contributed by atoms with Crippen LogP contribution in [0.5, 0.6) is 0 Å². The molecule has 6 heteroatoms. The summed E-state index contributed by atoms with van der Waals surface area (Å²) in [7, 11) is 1.23. The molecule has 1 aliphatic rings. The molecule has 0 aromatic rings. The molecule has 15 heavy (non-hydrogen) atoms. The maximum Gasteiger partial charge on any atom is 0.413 e. The molecule has 1 rings (SSSR count). The van der Waals surface area contributed by atoms with Gasteiger partial charge in [-0.25, -0.2) is 4.79 Å². The Kier molecular flexibility index (Phi) is 4.51. The fraction of sp³-hybridized carbons (Fsp3) is 0.778. The third kappa shape index (κ3) is 3.85. The predicted molar refractivity (Wildman–Crippen MR) is 54.1 cm³/mol. The highest BCUT2D eigenvalue weighted by molar-refractivity contribution is 5.92. The van der Waals surface area contributed by atoms with E-state index in [0.29, 0.717) is 12.5 Å². The highest BCUT2D eigenvalue weighted by Gasteiger charge is 2.23. The molecular weight excluding hydrogens is 198 g/mol. The number of rotatable bonds is 3. The van der Waals surface area contributed by atoms with Crippen molar-refractivity contribution in [1.29, 1.82) is 0 Å². The number of ether oxygens (including phenoxy) is 1. The van der Waals surface area contributed by atoms with E-state index in [2.05, 4.69) is 10.1 Å². The lowest BCUT2D eigenvalue weighted by molar-refractivity contribution is -0.121. The normalized spacial score (nSPS) is 21.3. The van der Waals surface area contributed by atoms with Crippen molar-refractivity contribution in [2.75, 3.05) is 33.3 Å². The molecule has 0 spiro atoms. The number of carbonyl (C=O) groups is 2. The standard InChI is InChI=1S/C9H17N3O3/c1-15-9(14)11-8(13)6-12-3-2-7(4-10)5-12/h7H,2-6,10H2,1H3,(H,11,13,14). The molecular formula is C9H17N3O3. The van der Waals surface area contributed by atoms with Gasteiger partial charge in [0.15, 0.2) is 0 Å². The van der Waals surface area contributed by atoms with Crippen LogP contribution < -0.4 is 11.1 Å². The van der Waals surface area contributed by atoms with Crippen molar-refractivity contribution in [3.63, 3.8) is 0 Å². The molecule has 2 amide bonds. The van der Waals surface area contributed by atoms with Gasteiger partial charge in [0.25, 0.3) is 0 Å². The molecule has 0 saturated carbocycles. The number of imide groups is 1. The summed E-state index contributed by atoms with van der Waals surface area (Å²) in [5.41, 5.74) is 5.53. The third-order valence-corrected chi connectivity index (χ3v) is 2.50. The Morgan fingerprint density at radius 2 is 2.33 bits per heavy atom. The van der Waals surface area contributed by atoms with E-state index in [0.717, 1.165) is 19.5 Å². The quantitative estimate of drug-likeness (QED) is 0.640. The zero-order chi connectivity index (χ0) is 11.3. The minimum Gasteiger partial charge on any atom is -0.453 e. The molecule has 1 unspecified atom stereocenters. The van der Waals surface area contributed by atoms with Gasteiger partial charge in [-0.3, -0.25) is 15.0 Å². The van der Waals surface area contributed by atoms with Crippen molar-refractivity contribution in [3.05, 3.63) is 0 Å². The monoisotopic (exact) mass is 215 g/mol. The molecule has 86 valence electrons. The first kappa shape index (κ1) is 11.9. The van der Waals surface area contributed by atoms with Gasteiger partial charge in [-0.1, -0.05) is 0 Å². The van der Waals surface area contributed by atoms with Gasteiger partial charge in [-0.05, 0) is 25.4 Å². The van der Waals surface area contributed by atoms with E-state index in [1.807, 2.05) is 4.90 Å². The number of nitrogens with two attached hydrogens (primary N) is 1. The topological polar surface area (TPSA) is 84.7 Å². The molecule has 0 radical (unpaired) electrons. The second kappa shape index (κ2) is 5.67. The van der Waals surface area contributed by atoms with Gasteiger partial charge in [0.1, 0.15) is 0 Å². The Bertz CT molecular complexity index is 245. The van der Waals surface area contributed by atoms with Crippen LogP contribution in [-0.2, 0) is 9.53 Å². The summed E-state index contributed by atoms with van der Waals surface area (Å²) in [4.78, 5) is 24.0. The summed E-state index contributed by atoms with van der Waals surface area (Å²) in [5.74, 6) is 0.135. The van der Waals surface area contributed by atoms with Crippen LogP contribution in [-0.4, -0.2) is 50.2 Å². The summed E-state index contributed by atoms with van der Waals surface area (Å²) in [5, 5.41) is 2.12. The number of alkyl carbamates (subject to hydrolysis) is 1. The molecule has 0 aromatic carbocycles. The van der Waals surface area contributed by atoms with Crippen LogP contribution in [0.4, 0.5) is 4.79 Å². The van der Waals surface area contributed by atoms with Gasteiger partial charge in [0.2, 0.25) is 5.91 Å². The third-order valence-electron chi connectivity index (χ3n) is 2.50. The van der Waals surface area contributed by atoms with Gasteiger partial charge in [0.05, 0.1) is 13.7 Å². The molecule has 0 aromatic heterocycles. The maximum absolute atomic E-state index is 11.3. The first-order chi connectivity index (χ1) is 7.15. The molecule has 6 nitrogen and oxygen atoms in total. The highest BCUT2D eigenvalue weighted by atomic mass is 16.5. The molecule has 1 fully saturated rings. The van der Waals surface area contributed by atoms with Crippen LogP contribution >= 0.6 is 0 Å². The number of hydrogen-bond acceptors (Lipinski definition) is 5. The Balaban J connectivity index is 2.24. The second-order valence-electron chi connectivity index (χ2n) is 3.67. The van der Waals surface area contributed by atoms with Gasteiger partial charge >= 0.3 is 6.09 Å². The summed E-state index contributed by atoms with van der Waals surface area (Å²) in [6, 6.07) is 0. The van der Waals surface area contributed by atoms with Crippen LogP contribution in [0.2, 0.25) is 0 Å². The fourth-order valence-electron chi connectivity index (χ4n) is 1.66. The zero-order valence-electron chi connectivity index (χ0n) is 8.86. The van der Waals surface area contributed by atoms with Crippen LogP contribution in [0, 0.1) is 5.92 Å². The van der Waals surface area contributed by atoms with Crippen LogP contribution in [0.1, 0.15) is 6.42 Å². The SMILES string of the molecule is COC(=O)NC(=O)CN1CCC(CN)C1. The van der Waals surface area contributed by atoms with Crippen LogP contribution in [0.25, 0.3) is 0 Å². The fourth-order valence-corrected chi connectivity index (χ4v) is 1.66. The summed E-state index contributed by atoms with van der Waals surface area (Å²) in [6.07, 6.45) is 0.303. The van der Waals surface area contributed by atoms with Gasteiger partial charge < -0.3 is 10.5 Å². The summed E-state index contributed by atoms with van der Waals surface area (Å²) < 4.78 is 4.32.